The van der Waals surface area contributed by atoms with Gasteiger partial charge < -0.3 is 5.32 Å². The summed E-state index contributed by atoms with van der Waals surface area (Å²) in [6.07, 6.45) is 7.91. The van der Waals surface area contributed by atoms with Gasteiger partial charge in [0.25, 0.3) is 0 Å². The molecule has 0 spiro atoms. The van der Waals surface area contributed by atoms with Gasteiger partial charge in [0.1, 0.15) is 0 Å². The molecule has 1 N–H and O–H groups in total. The van der Waals surface area contributed by atoms with E-state index >= 15 is 0 Å². The lowest BCUT2D eigenvalue weighted by molar-refractivity contribution is 0.207. The highest BCUT2D eigenvalue weighted by Gasteiger charge is 2.30. The minimum Gasteiger partial charge on any atom is -0.307 e. The van der Waals surface area contributed by atoms with E-state index in [2.05, 4.69) is 29.5 Å². The van der Waals surface area contributed by atoms with Gasteiger partial charge in [-0.1, -0.05) is 6.07 Å². The summed E-state index contributed by atoms with van der Waals surface area (Å²) in [6.45, 7) is 3.23. The lowest BCUT2D eigenvalue weighted by atomic mass is 9.78. The predicted molar refractivity (Wildman–Crippen MR) is 64.3 cm³/mol. The summed E-state index contributed by atoms with van der Waals surface area (Å²) in [6, 6.07) is 6.18. The smallest absolute Gasteiger partial charge is 0.0706 e. The second-order valence-electron chi connectivity index (χ2n) is 4.97. The lowest BCUT2D eigenvalue weighted by Gasteiger charge is -2.39. The minimum atomic E-state index is 0.364. The quantitative estimate of drug-likeness (QED) is 0.851. The van der Waals surface area contributed by atoms with Gasteiger partial charge in [0, 0.05) is 23.8 Å². The van der Waals surface area contributed by atoms with Crippen LogP contribution in [0.25, 0.3) is 5.52 Å². The summed E-state index contributed by atoms with van der Waals surface area (Å²) in [5, 5.41) is 7.98. The fraction of sp³-hybridized carbons (Fsp3) is 0.462. The van der Waals surface area contributed by atoms with Crippen LogP contribution in [0.4, 0.5) is 0 Å². The molecule has 0 aliphatic heterocycles. The highest BCUT2D eigenvalue weighted by molar-refractivity contribution is 5.53. The summed E-state index contributed by atoms with van der Waals surface area (Å²) >= 11 is 0. The average molecular weight is 215 g/mol. The Bertz CT molecular complexity index is 497. The second-order valence-corrected chi connectivity index (χ2v) is 4.97. The Morgan fingerprint density at radius 2 is 2.31 bits per heavy atom. The van der Waals surface area contributed by atoms with E-state index in [0.29, 0.717) is 5.54 Å². The SMILES string of the molecule is CC1(NCc2cnn3ccccc23)CCC1. The van der Waals surface area contributed by atoms with Gasteiger partial charge in [0.2, 0.25) is 0 Å². The monoisotopic (exact) mass is 215 g/mol. The van der Waals surface area contributed by atoms with E-state index in [-0.39, 0.29) is 0 Å². The summed E-state index contributed by atoms with van der Waals surface area (Å²) in [5.41, 5.74) is 2.86. The highest BCUT2D eigenvalue weighted by atomic mass is 15.2. The van der Waals surface area contributed by atoms with Gasteiger partial charge in [-0.15, -0.1) is 0 Å². The van der Waals surface area contributed by atoms with Crippen molar-refractivity contribution in [2.45, 2.75) is 38.3 Å². The number of nitrogens with zero attached hydrogens (tertiary/aromatic N) is 2. The molecule has 1 aliphatic carbocycles. The first kappa shape index (κ1) is 9.85. The second kappa shape index (κ2) is 3.59. The van der Waals surface area contributed by atoms with Crippen LogP contribution in [0.5, 0.6) is 0 Å². The van der Waals surface area contributed by atoms with Crippen LogP contribution >= 0.6 is 0 Å². The molecule has 0 saturated heterocycles. The maximum atomic E-state index is 4.34. The fourth-order valence-corrected chi connectivity index (χ4v) is 2.32. The largest absolute Gasteiger partial charge is 0.307 e. The van der Waals surface area contributed by atoms with Crippen LogP contribution in [-0.4, -0.2) is 15.2 Å². The molecule has 0 amide bonds. The molecule has 0 bridgehead atoms. The van der Waals surface area contributed by atoms with Crippen LogP contribution < -0.4 is 5.32 Å². The topological polar surface area (TPSA) is 29.3 Å². The lowest BCUT2D eigenvalue weighted by Crippen LogP contribution is -2.47. The molecule has 1 aliphatic rings. The molecule has 16 heavy (non-hydrogen) atoms. The van der Waals surface area contributed by atoms with E-state index in [1.807, 2.05) is 23.0 Å². The third kappa shape index (κ3) is 1.61. The van der Waals surface area contributed by atoms with Crippen molar-refractivity contribution >= 4 is 5.52 Å². The Balaban J connectivity index is 1.79. The summed E-state index contributed by atoms with van der Waals surface area (Å²) in [5.74, 6) is 0. The van der Waals surface area contributed by atoms with Crippen molar-refractivity contribution in [2.24, 2.45) is 0 Å². The average Bonchev–Trinajstić information content (AvgIpc) is 2.67. The van der Waals surface area contributed by atoms with Crippen LogP contribution in [0, 0.1) is 0 Å². The molecular formula is C13H17N3. The maximum Gasteiger partial charge on any atom is 0.0706 e. The number of fused-ring (bicyclic) bond motifs is 1. The molecule has 1 saturated carbocycles. The highest BCUT2D eigenvalue weighted by Crippen LogP contribution is 2.31. The van der Waals surface area contributed by atoms with E-state index in [4.69, 9.17) is 0 Å². The van der Waals surface area contributed by atoms with Crippen molar-refractivity contribution in [1.82, 2.24) is 14.9 Å². The number of rotatable bonds is 3. The van der Waals surface area contributed by atoms with Gasteiger partial charge in [0.05, 0.1) is 11.7 Å². The Morgan fingerprint density at radius 1 is 1.44 bits per heavy atom. The number of pyridine rings is 1. The molecule has 3 rings (SSSR count). The molecule has 2 aromatic rings. The van der Waals surface area contributed by atoms with E-state index in [1.165, 1.54) is 30.3 Å². The molecular weight excluding hydrogens is 198 g/mol. The minimum absolute atomic E-state index is 0.364. The number of aromatic nitrogens is 2. The van der Waals surface area contributed by atoms with Crippen molar-refractivity contribution in [3.63, 3.8) is 0 Å². The van der Waals surface area contributed by atoms with Crippen LogP contribution in [-0.2, 0) is 6.54 Å². The third-order valence-electron chi connectivity index (χ3n) is 3.67. The normalized spacial score (nSPS) is 18.6. The Kier molecular flexibility index (Phi) is 2.21. The number of nitrogens with one attached hydrogen (secondary N) is 1. The van der Waals surface area contributed by atoms with Gasteiger partial charge in [0.15, 0.2) is 0 Å². The van der Waals surface area contributed by atoms with Crippen LogP contribution in [0.3, 0.4) is 0 Å². The molecule has 0 atom stereocenters. The maximum absolute atomic E-state index is 4.34. The van der Waals surface area contributed by atoms with E-state index < -0.39 is 0 Å². The van der Waals surface area contributed by atoms with E-state index in [1.54, 1.807) is 0 Å². The molecule has 0 aromatic carbocycles. The van der Waals surface area contributed by atoms with E-state index in [9.17, 15) is 0 Å². The third-order valence-corrected chi connectivity index (χ3v) is 3.67. The molecule has 3 nitrogen and oxygen atoms in total. The zero-order valence-corrected chi connectivity index (χ0v) is 9.61. The Hall–Kier alpha value is -1.35. The van der Waals surface area contributed by atoms with Crippen LogP contribution in [0.1, 0.15) is 31.7 Å². The van der Waals surface area contributed by atoms with Gasteiger partial charge in [-0.2, -0.15) is 5.10 Å². The molecule has 0 unspecified atom stereocenters. The van der Waals surface area contributed by atoms with Gasteiger partial charge in [-0.3, -0.25) is 0 Å². The molecule has 2 heterocycles. The number of hydrogen-bond acceptors (Lipinski definition) is 2. The molecule has 0 radical (unpaired) electrons. The Labute approximate surface area is 95.5 Å². The first-order valence-electron chi connectivity index (χ1n) is 5.93. The summed E-state index contributed by atoms with van der Waals surface area (Å²) in [4.78, 5) is 0. The van der Waals surface area contributed by atoms with Crippen molar-refractivity contribution in [3.8, 4) is 0 Å². The molecule has 84 valence electrons. The standard InChI is InChI=1S/C13H17N3/c1-13(6-4-7-13)14-9-11-10-15-16-8-3-2-5-12(11)16/h2-3,5,8,10,14H,4,6-7,9H2,1H3. The predicted octanol–water partition coefficient (Wildman–Crippen LogP) is 2.37. The van der Waals surface area contributed by atoms with Gasteiger partial charge >= 0.3 is 0 Å². The van der Waals surface area contributed by atoms with Crippen molar-refractivity contribution < 1.29 is 0 Å². The zero-order chi connectivity index (χ0) is 11.0. The zero-order valence-electron chi connectivity index (χ0n) is 9.61. The first-order chi connectivity index (χ1) is 7.77. The summed E-state index contributed by atoms with van der Waals surface area (Å²) < 4.78 is 1.93. The molecule has 3 heteroatoms. The van der Waals surface area contributed by atoms with Gasteiger partial charge in [-0.05, 0) is 38.3 Å². The van der Waals surface area contributed by atoms with Crippen molar-refractivity contribution in [2.75, 3.05) is 0 Å². The first-order valence-corrected chi connectivity index (χ1v) is 5.93. The summed E-state index contributed by atoms with van der Waals surface area (Å²) in [7, 11) is 0. The molecule has 1 fully saturated rings. The number of hydrogen-bond donors (Lipinski definition) is 1. The van der Waals surface area contributed by atoms with Gasteiger partial charge in [-0.25, -0.2) is 4.52 Å². The van der Waals surface area contributed by atoms with Crippen molar-refractivity contribution in [3.05, 3.63) is 36.2 Å². The fourth-order valence-electron chi connectivity index (χ4n) is 2.32. The van der Waals surface area contributed by atoms with Crippen LogP contribution in [0.2, 0.25) is 0 Å². The van der Waals surface area contributed by atoms with Crippen LogP contribution in [0.15, 0.2) is 30.6 Å². The molecule has 2 aromatic heterocycles. The van der Waals surface area contributed by atoms with Crippen molar-refractivity contribution in [1.29, 1.82) is 0 Å². The Morgan fingerprint density at radius 3 is 3.06 bits per heavy atom. The van der Waals surface area contributed by atoms with E-state index in [0.717, 1.165) is 6.54 Å².